The van der Waals surface area contributed by atoms with Gasteiger partial charge >= 0.3 is 12.0 Å². The van der Waals surface area contributed by atoms with Crippen LogP contribution in [0.5, 0.6) is 0 Å². The molecule has 1 aromatic carbocycles. The van der Waals surface area contributed by atoms with Crippen molar-refractivity contribution in [3.05, 3.63) is 48.3 Å². The van der Waals surface area contributed by atoms with E-state index in [1.807, 2.05) is 25.1 Å². The lowest BCUT2D eigenvalue weighted by molar-refractivity contribution is -0.140. The Balaban J connectivity index is 1.80. The molecule has 134 valence electrons. The van der Waals surface area contributed by atoms with Gasteiger partial charge in [0.1, 0.15) is 6.04 Å². The molecule has 7 nitrogen and oxygen atoms in total. The van der Waals surface area contributed by atoms with Gasteiger partial charge in [-0.3, -0.25) is 14.6 Å². The van der Waals surface area contributed by atoms with Crippen molar-refractivity contribution in [1.82, 2.24) is 10.3 Å². The van der Waals surface area contributed by atoms with E-state index in [0.717, 1.165) is 21.6 Å². The van der Waals surface area contributed by atoms with Gasteiger partial charge in [0, 0.05) is 18.8 Å². The van der Waals surface area contributed by atoms with Gasteiger partial charge in [0.2, 0.25) is 0 Å². The van der Waals surface area contributed by atoms with Gasteiger partial charge in [0.05, 0.1) is 12.8 Å². The molecule has 7 heteroatoms. The third kappa shape index (κ3) is 3.42. The number of carbonyl (C=O) groups is 3. The zero-order valence-electron chi connectivity index (χ0n) is 14.6. The van der Waals surface area contributed by atoms with E-state index >= 15 is 0 Å². The van der Waals surface area contributed by atoms with E-state index in [4.69, 9.17) is 0 Å². The number of anilines is 1. The molecule has 3 amide bonds. The van der Waals surface area contributed by atoms with Gasteiger partial charge in [-0.2, -0.15) is 0 Å². The van der Waals surface area contributed by atoms with Gasteiger partial charge in [-0.05, 0) is 54.3 Å². The zero-order chi connectivity index (χ0) is 18.7. The molecule has 0 spiro atoms. The number of nitrogens with zero attached hydrogens (tertiary/aromatic N) is 2. The highest BCUT2D eigenvalue weighted by Gasteiger charge is 2.39. The predicted octanol–water partition coefficient (Wildman–Crippen LogP) is 2.44. The molecule has 1 aliphatic rings. The standard InChI is InChI=1S/C19H19N3O4/c1-12-11-14(3-4-15(12)13-7-9-20-10-8-13)22-18(24)16(21-19(22)25)5-6-17(23)26-2/h3-4,7-11,16H,5-6H2,1-2H3,(H,21,25)/t16-/m1/s1. The largest absolute Gasteiger partial charge is 0.469 e. The van der Waals surface area contributed by atoms with Crippen LogP contribution in [0.3, 0.4) is 0 Å². The number of carbonyl (C=O) groups excluding carboxylic acids is 3. The van der Waals surface area contributed by atoms with E-state index in [-0.39, 0.29) is 18.7 Å². The van der Waals surface area contributed by atoms with Crippen LogP contribution in [-0.4, -0.2) is 36.0 Å². The normalized spacial score (nSPS) is 16.5. The first-order valence-electron chi connectivity index (χ1n) is 8.23. The molecule has 1 N–H and O–H groups in total. The fraction of sp³-hybridized carbons (Fsp3) is 0.263. The van der Waals surface area contributed by atoms with E-state index in [0.29, 0.717) is 5.69 Å². The number of ether oxygens (including phenoxy) is 1. The minimum atomic E-state index is -0.721. The summed E-state index contributed by atoms with van der Waals surface area (Å²) in [7, 11) is 1.29. The number of hydrogen-bond donors (Lipinski definition) is 1. The molecule has 0 radical (unpaired) electrons. The monoisotopic (exact) mass is 353 g/mol. The van der Waals surface area contributed by atoms with Crippen molar-refractivity contribution in [3.63, 3.8) is 0 Å². The van der Waals surface area contributed by atoms with E-state index in [1.165, 1.54) is 7.11 Å². The molecule has 1 aliphatic heterocycles. The summed E-state index contributed by atoms with van der Waals surface area (Å²) in [5.41, 5.74) is 3.46. The maximum absolute atomic E-state index is 12.6. The Hall–Kier alpha value is -3.22. The highest BCUT2D eigenvalue weighted by Crippen LogP contribution is 2.29. The second-order valence-corrected chi connectivity index (χ2v) is 6.03. The summed E-state index contributed by atoms with van der Waals surface area (Å²) in [4.78, 5) is 41.2. The number of rotatable bonds is 5. The Morgan fingerprint density at radius 2 is 1.96 bits per heavy atom. The summed E-state index contributed by atoms with van der Waals surface area (Å²) >= 11 is 0. The van der Waals surface area contributed by atoms with Crippen LogP contribution in [0.4, 0.5) is 10.5 Å². The van der Waals surface area contributed by atoms with E-state index in [2.05, 4.69) is 15.0 Å². The lowest BCUT2D eigenvalue weighted by atomic mass is 10.0. The van der Waals surface area contributed by atoms with E-state index in [1.54, 1.807) is 24.5 Å². The van der Waals surface area contributed by atoms with Crippen LogP contribution in [0, 0.1) is 6.92 Å². The Morgan fingerprint density at radius 1 is 1.23 bits per heavy atom. The van der Waals surface area contributed by atoms with Crippen molar-refractivity contribution >= 4 is 23.6 Å². The molecule has 0 saturated carbocycles. The number of benzene rings is 1. The molecule has 1 aromatic heterocycles. The van der Waals surface area contributed by atoms with Gasteiger partial charge in [0.25, 0.3) is 5.91 Å². The van der Waals surface area contributed by atoms with Crippen LogP contribution in [0.1, 0.15) is 18.4 Å². The van der Waals surface area contributed by atoms with Crippen LogP contribution in [0.2, 0.25) is 0 Å². The topological polar surface area (TPSA) is 88.6 Å². The van der Waals surface area contributed by atoms with Gasteiger partial charge < -0.3 is 10.1 Å². The maximum atomic E-state index is 12.6. The van der Waals surface area contributed by atoms with Crippen molar-refractivity contribution in [2.24, 2.45) is 0 Å². The SMILES string of the molecule is COC(=O)CC[C@H]1NC(=O)N(c2ccc(-c3ccncc3)c(C)c2)C1=O. The van der Waals surface area contributed by atoms with Gasteiger partial charge in [0.15, 0.2) is 0 Å². The Morgan fingerprint density at radius 3 is 2.62 bits per heavy atom. The van der Waals surface area contributed by atoms with Crippen LogP contribution in [-0.2, 0) is 14.3 Å². The summed E-state index contributed by atoms with van der Waals surface area (Å²) < 4.78 is 4.57. The lowest BCUT2D eigenvalue weighted by Crippen LogP contribution is -2.31. The van der Waals surface area contributed by atoms with Crippen molar-refractivity contribution < 1.29 is 19.1 Å². The number of esters is 1. The third-order valence-electron chi connectivity index (χ3n) is 4.34. The van der Waals surface area contributed by atoms with Gasteiger partial charge in [-0.15, -0.1) is 0 Å². The number of pyridine rings is 1. The number of urea groups is 1. The fourth-order valence-electron chi connectivity index (χ4n) is 2.98. The van der Waals surface area contributed by atoms with Crippen molar-refractivity contribution in [3.8, 4) is 11.1 Å². The minimum absolute atomic E-state index is 0.0705. The maximum Gasteiger partial charge on any atom is 0.329 e. The Labute approximate surface area is 151 Å². The summed E-state index contributed by atoms with van der Waals surface area (Å²) in [5.74, 6) is -0.780. The molecule has 2 heterocycles. The number of hydrogen-bond acceptors (Lipinski definition) is 5. The predicted molar refractivity (Wildman–Crippen MR) is 95.5 cm³/mol. The molecule has 1 saturated heterocycles. The number of nitrogens with one attached hydrogen (secondary N) is 1. The van der Waals surface area contributed by atoms with Crippen LogP contribution < -0.4 is 10.2 Å². The van der Waals surface area contributed by atoms with Crippen molar-refractivity contribution in [2.45, 2.75) is 25.8 Å². The number of aryl methyl sites for hydroxylation is 1. The van der Waals surface area contributed by atoms with Crippen LogP contribution >= 0.6 is 0 Å². The number of amides is 3. The number of aromatic nitrogens is 1. The average molecular weight is 353 g/mol. The third-order valence-corrected chi connectivity index (χ3v) is 4.34. The summed E-state index contributed by atoms with van der Waals surface area (Å²) in [5, 5.41) is 2.62. The quantitative estimate of drug-likeness (QED) is 0.659. The van der Waals surface area contributed by atoms with Crippen LogP contribution in [0.15, 0.2) is 42.7 Å². The molecular formula is C19H19N3O4. The summed E-state index contributed by atoms with van der Waals surface area (Å²) in [6.07, 6.45) is 3.71. The summed E-state index contributed by atoms with van der Waals surface area (Å²) in [6, 6.07) is 8.01. The van der Waals surface area contributed by atoms with Gasteiger partial charge in [-0.25, -0.2) is 9.69 Å². The first kappa shape index (κ1) is 17.6. The highest BCUT2D eigenvalue weighted by atomic mass is 16.5. The Kier molecular flexibility index (Phi) is 4.97. The Bertz CT molecular complexity index is 851. The molecule has 0 bridgehead atoms. The van der Waals surface area contributed by atoms with Gasteiger partial charge in [-0.1, -0.05) is 6.07 Å². The van der Waals surface area contributed by atoms with E-state index < -0.39 is 18.0 Å². The van der Waals surface area contributed by atoms with Crippen LogP contribution in [0.25, 0.3) is 11.1 Å². The molecule has 0 aliphatic carbocycles. The first-order valence-corrected chi connectivity index (χ1v) is 8.23. The fourth-order valence-corrected chi connectivity index (χ4v) is 2.98. The highest BCUT2D eigenvalue weighted by molar-refractivity contribution is 6.21. The number of imide groups is 1. The molecule has 3 rings (SSSR count). The van der Waals surface area contributed by atoms with Crippen molar-refractivity contribution in [2.75, 3.05) is 12.0 Å². The lowest BCUT2D eigenvalue weighted by Gasteiger charge is -2.15. The molecule has 1 atom stereocenters. The smallest absolute Gasteiger partial charge is 0.329 e. The molecular weight excluding hydrogens is 334 g/mol. The minimum Gasteiger partial charge on any atom is -0.469 e. The molecule has 1 fully saturated rings. The molecule has 2 aromatic rings. The van der Waals surface area contributed by atoms with E-state index in [9.17, 15) is 14.4 Å². The number of methoxy groups -OCH3 is 1. The zero-order valence-corrected chi connectivity index (χ0v) is 14.6. The second kappa shape index (κ2) is 7.35. The molecule has 0 unspecified atom stereocenters. The molecule has 26 heavy (non-hydrogen) atoms. The average Bonchev–Trinajstić information content (AvgIpc) is 2.93. The second-order valence-electron chi connectivity index (χ2n) is 6.03. The first-order chi connectivity index (χ1) is 12.5. The summed E-state index contributed by atoms with van der Waals surface area (Å²) in [6.45, 7) is 1.92. The van der Waals surface area contributed by atoms with Crippen molar-refractivity contribution in [1.29, 1.82) is 0 Å².